The molecule has 20 heavy (non-hydrogen) atoms. The van der Waals surface area contributed by atoms with E-state index in [4.69, 9.17) is 16.3 Å². The smallest absolute Gasteiger partial charge is 0.137 e. The first-order valence-electron chi connectivity index (χ1n) is 6.33. The summed E-state index contributed by atoms with van der Waals surface area (Å²) in [6, 6.07) is 12.4. The van der Waals surface area contributed by atoms with Gasteiger partial charge in [-0.05, 0) is 59.1 Å². The van der Waals surface area contributed by atoms with Gasteiger partial charge in [-0.15, -0.1) is 11.6 Å². The molecule has 0 aliphatic heterocycles. The van der Waals surface area contributed by atoms with Crippen LogP contribution < -0.4 is 4.74 Å². The molecule has 0 spiro atoms. The van der Waals surface area contributed by atoms with Crippen molar-refractivity contribution in [2.24, 2.45) is 0 Å². The fourth-order valence-electron chi connectivity index (χ4n) is 1.88. The maximum atomic E-state index is 13.5. The Bertz CT molecular complexity index is 584. The Morgan fingerprint density at radius 1 is 1.10 bits per heavy atom. The standard InChI is InChI=1S/C16H15BrClFO/c1-10(2)20-12-8-6-11(7-9-12)16(18)13-4-3-5-14(19)15(13)17/h3-10,16H,1-2H3. The monoisotopic (exact) mass is 356 g/mol. The third-order valence-electron chi connectivity index (χ3n) is 2.80. The predicted octanol–water partition coefficient (Wildman–Crippen LogP) is 5.70. The summed E-state index contributed by atoms with van der Waals surface area (Å²) in [6.07, 6.45) is 0.130. The molecule has 106 valence electrons. The average Bonchev–Trinajstić information content (AvgIpc) is 2.41. The van der Waals surface area contributed by atoms with Crippen molar-refractivity contribution in [1.29, 1.82) is 0 Å². The highest BCUT2D eigenvalue weighted by Crippen LogP contribution is 2.35. The summed E-state index contributed by atoms with van der Waals surface area (Å²) in [7, 11) is 0. The molecule has 1 atom stereocenters. The first-order valence-corrected chi connectivity index (χ1v) is 7.56. The van der Waals surface area contributed by atoms with Crippen molar-refractivity contribution < 1.29 is 9.13 Å². The molecule has 0 heterocycles. The number of rotatable bonds is 4. The Morgan fingerprint density at radius 2 is 1.75 bits per heavy atom. The summed E-state index contributed by atoms with van der Waals surface area (Å²) < 4.78 is 19.5. The predicted molar refractivity (Wildman–Crippen MR) is 84.0 cm³/mol. The normalized spacial score (nSPS) is 12.5. The van der Waals surface area contributed by atoms with Gasteiger partial charge in [0.1, 0.15) is 11.6 Å². The molecule has 1 unspecified atom stereocenters. The second-order valence-electron chi connectivity index (χ2n) is 4.74. The quantitative estimate of drug-likeness (QED) is 0.637. The van der Waals surface area contributed by atoms with Crippen LogP contribution in [0.15, 0.2) is 46.9 Å². The van der Waals surface area contributed by atoms with Crippen LogP contribution in [-0.2, 0) is 0 Å². The highest BCUT2D eigenvalue weighted by atomic mass is 79.9. The second-order valence-corrected chi connectivity index (χ2v) is 5.97. The molecule has 0 aliphatic carbocycles. The SMILES string of the molecule is CC(C)Oc1ccc(C(Cl)c2cccc(F)c2Br)cc1. The van der Waals surface area contributed by atoms with E-state index >= 15 is 0 Å². The molecule has 2 aromatic carbocycles. The molecule has 0 N–H and O–H groups in total. The van der Waals surface area contributed by atoms with Gasteiger partial charge in [-0.1, -0.05) is 24.3 Å². The molecule has 4 heteroatoms. The van der Waals surface area contributed by atoms with Gasteiger partial charge in [0.05, 0.1) is 16.0 Å². The Balaban J connectivity index is 2.25. The van der Waals surface area contributed by atoms with Crippen molar-refractivity contribution in [2.45, 2.75) is 25.3 Å². The van der Waals surface area contributed by atoms with Gasteiger partial charge in [0.25, 0.3) is 0 Å². The molecular formula is C16H15BrClFO. The molecule has 2 aromatic rings. The van der Waals surface area contributed by atoms with Crippen LogP contribution in [0.2, 0.25) is 0 Å². The largest absolute Gasteiger partial charge is 0.491 e. The minimum absolute atomic E-state index is 0.130. The van der Waals surface area contributed by atoms with Crippen molar-refractivity contribution in [1.82, 2.24) is 0 Å². The van der Waals surface area contributed by atoms with E-state index < -0.39 is 5.38 Å². The topological polar surface area (TPSA) is 9.23 Å². The third kappa shape index (κ3) is 3.53. The van der Waals surface area contributed by atoms with Gasteiger partial charge < -0.3 is 4.74 Å². The molecule has 0 aliphatic rings. The molecule has 0 bridgehead atoms. The van der Waals surface area contributed by atoms with Gasteiger partial charge in [0.15, 0.2) is 0 Å². The molecule has 0 radical (unpaired) electrons. The zero-order valence-corrected chi connectivity index (χ0v) is 13.6. The van der Waals surface area contributed by atoms with Crippen LogP contribution in [0.5, 0.6) is 5.75 Å². The van der Waals surface area contributed by atoms with E-state index in [2.05, 4.69) is 15.9 Å². The summed E-state index contributed by atoms with van der Waals surface area (Å²) >= 11 is 9.67. The molecule has 0 fully saturated rings. The summed E-state index contributed by atoms with van der Waals surface area (Å²) in [5.74, 6) is 0.485. The van der Waals surface area contributed by atoms with Crippen LogP contribution in [0, 0.1) is 5.82 Å². The van der Waals surface area contributed by atoms with Crippen LogP contribution >= 0.6 is 27.5 Å². The van der Waals surface area contributed by atoms with Crippen molar-refractivity contribution >= 4 is 27.5 Å². The lowest BCUT2D eigenvalue weighted by molar-refractivity contribution is 0.242. The summed E-state index contributed by atoms with van der Waals surface area (Å²) in [4.78, 5) is 0. The molecule has 2 rings (SSSR count). The minimum atomic E-state index is -0.409. The van der Waals surface area contributed by atoms with Gasteiger partial charge in [0, 0.05) is 0 Å². The van der Waals surface area contributed by atoms with Crippen LogP contribution in [0.3, 0.4) is 0 Å². The van der Waals surface area contributed by atoms with E-state index in [1.54, 1.807) is 6.07 Å². The molecule has 1 nitrogen and oxygen atoms in total. The fourth-order valence-corrected chi connectivity index (χ4v) is 2.84. The zero-order chi connectivity index (χ0) is 14.7. The summed E-state index contributed by atoms with van der Waals surface area (Å²) in [5.41, 5.74) is 1.61. The molecule has 0 saturated carbocycles. The third-order valence-corrected chi connectivity index (χ3v) is 4.12. The number of ether oxygens (including phenoxy) is 1. The lowest BCUT2D eigenvalue weighted by Crippen LogP contribution is -2.05. The molecule has 0 aromatic heterocycles. The Morgan fingerprint density at radius 3 is 2.35 bits per heavy atom. The highest BCUT2D eigenvalue weighted by molar-refractivity contribution is 9.10. The Kier molecular flexibility index (Phi) is 5.06. The lowest BCUT2D eigenvalue weighted by atomic mass is 10.0. The van der Waals surface area contributed by atoms with E-state index in [1.165, 1.54) is 6.07 Å². The first kappa shape index (κ1) is 15.3. The van der Waals surface area contributed by atoms with E-state index in [1.807, 2.05) is 44.2 Å². The van der Waals surface area contributed by atoms with Crippen molar-refractivity contribution in [3.63, 3.8) is 0 Å². The second kappa shape index (κ2) is 6.59. The summed E-state index contributed by atoms with van der Waals surface area (Å²) in [6.45, 7) is 3.95. The van der Waals surface area contributed by atoms with Crippen LogP contribution in [0.1, 0.15) is 30.4 Å². The van der Waals surface area contributed by atoms with Crippen LogP contribution in [-0.4, -0.2) is 6.10 Å². The number of hydrogen-bond donors (Lipinski definition) is 0. The average molecular weight is 358 g/mol. The van der Waals surface area contributed by atoms with Gasteiger partial charge in [0.2, 0.25) is 0 Å². The first-order chi connectivity index (χ1) is 9.49. The van der Waals surface area contributed by atoms with E-state index in [9.17, 15) is 4.39 Å². The fraction of sp³-hybridized carbons (Fsp3) is 0.250. The number of alkyl halides is 1. The Hall–Kier alpha value is -1.06. The molecule has 0 saturated heterocycles. The molecule has 0 amide bonds. The van der Waals surface area contributed by atoms with Gasteiger partial charge in [-0.3, -0.25) is 0 Å². The zero-order valence-electron chi connectivity index (χ0n) is 11.2. The number of benzene rings is 2. The van der Waals surface area contributed by atoms with Crippen LogP contribution in [0.4, 0.5) is 4.39 Å². The van der Waals surface area contributed by atoms with Crippen molar-refractivity contribution in [3.8, 4) is 5.75 Å². The number of hydrogen-bond acceptors (Lipinski definition) is 1. The Labute approximate surface area is 131 Å². The van der Waals surface area contributed by atoms with Crippen molar-refractivity contribution in [3.05, 3.63) is 63.9 Å². The van der Waals surface area contributed by atoms with E-state index in [-0.39, 0.29) is 11.9 Å². The van der Waals surface area contributed by atoms with E-state index in [0.717, 1.165) is 11.3 Å². The van der Waals surface area contributed by atoms with Gasteiger partial charge >= 0.3 is 0 Å². The minimum Gasteiger partial charge on any atom is -0.491 e. The van der Waals surface area contributed by atoms with Gasteiger partial charge in [-0.25, -0.2) is 4.39 Å². The highest BCUT2D eigenvalue weighted by Gasteiger charge is 2.16. The maximum absolute atomic E-state index is 13.5. The lowest BCUT2D eigenvalue weighted by Gasteiger charge is -2.14. The number of halogens is 3. The summed E-state index contributed by atoms with van der Waals surface area (Å²) in [5, 5.41) is -0.409. The van der Waals surface area contributed by atoms with Gasteiger partial charge in [-0.2, -0.15) is 0 Å². The van der Waals surface area contributed by atoms with Crippen molar-refractivity contribution in [2.75, 3.05) is 0 Å². The maximum Gasteiger partial charge on any atom is 0.137 e. The van der Waals surface area contributed by atoms with E-state index in [0.29, 0.717) is 10.0 Å². The van der Waals surface area contributed by atoms with Crippen LogP contribution in [0.25, 0.3) is 0 Å². The molecular weight excluding hydrogens is 343 g/mol.